The largest absolute Gasteiger partial charge is 0.462 e. The highest BCUT2D eigenvalue weighted by Gasteiger charge is 2.19. The predicted octanol–water partition coefficient (Wildman–Crippen LogP) is 23.4. The molecule has 6 nitrogen and oxygen atoms in total. The van der Waals surface area contributed by atoms with E-state index in [1.807, 2.05) is 12.2 Å². The van der Waals surface area contributed by atoms with Gasteiger partial charge in [-0.3, -0.25) is 14.4 Å². The molecule has 0 heterocycles. The SMILES string of the molecule is CC/C=C\C/C=C\C/C=C\C/C=C\C/C=C\C/C=C\C/C=C\CCCC(=O)OC(COC(=O)CC/C=C\C/C=C\C/C=C\C/C=C\CC)COC(=O)CCCCCCCCCCCCCCCC/C=C\C/C=C\C/C=C\CCCCCCC. The summed E-state index contributed by atoms with van der Waals surface area (Å²) in [6.07, 6.45) is 103. The van der Waals surface area contributed by atoms with Gasteiger partial charge in [0, 0.05) is 19.3 Å². The Balaban J connectivity index is 4.42. The standard InChI is InChI=1S/C77H122O6/c1-4-7-10-13-16-19-22-25-27-29-31-33-35-36-37-38-39-40-42-43-45-47-49-52-55-58-61-64-67-70-76(79)82-73-74(72-81-75(78)69-66-63-60-57-54-51-24-21-18-15-12-9-6-3)83-77(80)71-68-65-62-59-56-53-50-48-46-44-41-34-32-30-28-26-23-20-17-14-11-8-5-2/h8-9,11-12,17-18,20-22,25-26,28-29,31-32,34-36,44,46,50-51,53-54,59-60,62-63,74H,4-7,10,13-16,19,23-24,27,30,33,37-43,45,47-49,52,55-58,61,64-73H2,1-3H3/b11-8-,12-9-,20-17-,21-18-,25-22-,28-26-,31-29-,34-32-,36-35-,46-44-,53-50-,54-51-,62-59-,63-60-. The smallest absolute Gasteiger partial charge is 0.306 e. The third-order valence-electron chi connectivity index (χ3n) is 13.7. The molecule has 0 aliphatic rings. The molecule has 0 amide bonds. The van der Waals surface area contributed by atoms with Crippen molar-refractivity contribution in [3.63, 3.8) is 0 Å². The number of rotatable bonds is 59. The minimum atomic E-state index is -0.848. The Bertz CT molecular complexity index is 1890. The van der Waals surface area contributed by atoms with Crippen molar-refractivity contribution < 1.29 is 28.6 Å². The molecule has 0 bridgehead atoms. The van der Waals surface area contributed by atoms with Crippen molar-refractivity contribution in [2.75, 3.05) is 13.2 Å². The normalized spacial score (nSPS) is 13.2. The van der Waals surface area contributed by atoms with Crippen molar-refractivity contribution in [3.05, 3.63) is 170 Å². The Morgan fingerprint density at radius 1 is 0.253 bits per heavy atom. The van der Waals surface area contributed by atoms with E-state index in [0.29, 0.717) is 19.3 Å². The van der Waals surface area contributed by atoms with Gasteiger partial charge in [0.2, 0.25) is 0 Å². The molecule has 0 aliphatic carbocycles. The molecule has 0 fully saturated rings. The second-order valence-corrected chi connectivity index (χ2v) is 21.6. The number of hydrogen-bond acceptors (Lipinski definition) is 6. The van der Waals surface area contributed by atoms with E-state index in [0.717, 1.165) is 109 Å². The number of carbonyl (C=O) groups excluding carboxylic acids is 3. The topological polar surface area (TPSA) is 78.9 Å². The Morgan fingerprint density at radius 3 is 0.843 bits per heavy atom. The molecule has 6 heteroatoms. The fourth-order valence-electron chi connectivity index (χ4n) is 8.75. The van der Waals surface area contributed by atoms with E-state index in [9.17, 15) is 14.4 Å². The summed E-state index contributed by atoms with van der Waals surface area (Å²) in [5, 5.41) is 0. The van der Waals surface area contributed by atoms with Crippen molar-refractivity contribution in [2.45, 2.75) is 284 Å². The molecule has 0 spiro atoms. The van der Waals surface area contributed by atoms with Crippen LogP contribution in [-0.2, 0) is 28.6 Å². The van der Waals surface area contributed by atoms with Crippen LogP contribution in [-0.4, -0.2) is 37.2 Å². The average molecular weight is 1140 g/mol. The van der Waals surface area contributed by atoms with Crippen LogP contribution < -0.4 is 0 Å². The maximum absolute atomic E-state index is 12.9. The maximum Gasteiger partial charge on any atom is 0.306 e. The lowest BCUT2D eigenvalue weighted by molar-refractivity contribution is -0.166. The zero-order valence-electron chi connectivity index (χ0n) is 53.4. The zero-order chi connectivity index (χ0) is 59.9. The number of hydrogen-bond donors (Lipinski definition) is 0. The van der Waals surface area contributed by atoms with Gasteiger partial charge < -0.3 is 14.2 Å². The molecular weight excluding hydrogens is 1020 g/mol. The summed E-state index contributed by atoms with van der Waals surface area (Å²) in [6, 6.07) is 0. The molecule has 0 aromatic heterocycles. The van der Waals surface area contributed by atoms with Gasteiger partial charge >= 0.3 is 17.9 Å². The van der Waals surface area contributed by atoms with Crippen LogP contribution >= 0.6 is 0 Å². The average Bonchev–Trinajstić information content (AvgIpc) is 3.49. The number of unbranched alkanes of at least 4 members (excludes halogenated alkanes) is 20. The Morgan fingerprint density at radius 2 is 0.506 bits per heavy atom. The van der Waals surface area contributed by atoms with Crippen LogP contribution in [0.4, 0.5) is 0 Å². The predicted molar refractivity (Wildman–Crippen MR) is 361 cm³/mol. The third-order valence-corrected chi connectivity index (χ3v) is 13.7. The molecule has 0 aromatic carbocycles. The number of carbonyl (C=O) groups is 3. The lowest BCUT2D eigenvalue weighted by Crippen LogP contribution is -2.30. The second kappa shape index (κ2) is 69.3. The second-order valence-electron chi connectivity index (χ2n) is 21.6. The summed E-state index contributed by atoms with van der Waals surface area (Å²) in [4.78, 5) is 38.3. The van der Waals surface area contributed by atoms with Crippen LogP contribution in [0, 0.1) is 0 Å². The van der Waals surface area contributed by atoms with Gasteiger partial charge in [0.25, 0.3) is 0 Å². The van der Waals surface area contributed by atoms with Crippen molar-refractivity contribution in [3.8, 4) is 0 Å². The molecule has 466 valence electrons. The van der Waals surface area contributed by atoms with Crippen molar-refractivity contribution in [2.24, 2.45) is 0 Å². The minimum absolute atomic E-state index is 0.130. The molecule has 0 aromatic rings. The van der Waals surface area contributed by atoms with Gasteiger partial charge in [-0.1, -0.05) is 294 Å². The highest BCUT2D eigenvalue weighted by molar-refractivity contribution is 5.71. The van der Waals surface area contributed by atoms with Crippen LogP contribution in [0.5, 0.6) is 0 Å². The van der Waals surface area contributed by atoms with E-state index in [1.54, 1.807) is 0 Å². The van der Waals surface area contributed by atoms with Gasteiger partial charge in [-0.15, -0.1) is 0 Å². The molecule has 0 rings (SSSR count). The van der Waals surface area contributed by atoms with Crippen molar-refractivity contribution in [1.82, 2.24) is 0 Å². The zero-order valence-corrected chi connectivity index (χ0v) is 53.4. The molecule has 0 saturated carbocycles. The first-order valence-electron chi connectivity index (χ1n) is 33.6. The maximum atomic E-state index is 12.9. The van der Waals surface area contributed by atoms with E-state index in [-0.39, 0.29) is 38.0 Å². The van der Waals surface area contributed by atoms with Gasteiger partial charge in [0.1, 0.15) is 13.2 Å². The van der Waals surface area contributed by atoms with Crippen LogP contribution in [0.1, 0.15) is 278 Å². The van der Waals surface area contributed by atoms with Crippen LogP contribution in [0.15, 0.2) is 170 Å². The third kappa shape index (κ3) is 67.4. The molecular formula is C77H122O6. The molecule has 0 radical (unpaired) electrons. The number of allylic oxidation sites excluding steroid dienone is 28. The van der Waals surface area contributed by atoms with Gasteiger partial charge in [-0.2, -0.15) is 0 Å². The monoisotopic (exact) mass is 1140 g/mol. The summed E-state index contributed by atoms with van der Waals surface area (Å²) in [7, 11) is 0. The number of esters is 3. The summed E-state index contributed by atoms with van der Waals surface area (Å²) < 4.78 is 16.8. The quantitative estimate of drug-likeness (QED) is 0.0261. The minimum Gasteiger partial charge on any atom is -0.462 e. The van der Waals surface area contributed by atoms with Crippen LogP contribution in [0.2, 0.25) is 0 Å². The summed E-state index contributed by atoms with van der Waals surface area (Å²) >= 11 is 0. The Labute approximate surface area is 511 Å². The lowest BCUT2D eigenvalue weighted by Gasteiger charge is -2.18. The molecule has 0 saturated heterocycles. The molecule has 1 atom stereocenters. The van der Waals surface area contributed by atoms with Crippen LogP contribution in [0.3, 0.4) is 0 Å². The van der Waals surface area contributed by atoms with Gasteiger partial charge in [0.15, 0.2) is 6.10 Å². The molecule has 83 heavy (non-hydrogen) atoms. The fourth-order valence-corrected chi connectivity index (χ4v) is 8.75. The highest BCUT2D eigenvalue weighted by Crippen LogP contribution is 2.15. The molecule has 1 unspecified atom stereocenters. The summed E-state index contributed by atoms with van der Waals surface area (Å²) in [5.41, 5.74) is 0. The molecule has 0 N–H and O–H groups in total. The highest BCUT2D eigenvalue weighted by atomic mass is 16.6. The van der Waals surface area contributed by atoms with E-state index in [1.165, 1.54) is 116 Å². The lowest BCUT2D eigenvalue weighted by atomic mass is 10.0. The first kappa shape index (κ1) is 77.8. The van der Waals surface area contributed by atoms with E-state index < -0.39 is 12.1 Å². The van der Waals surface area contributed by atoms with Gasteiger partial charge in [0.05, 0.1) is 0 Å². The molecule has 0 aliphatic heterocycles. The van der Waals surface area contributed by atoms with E-state index in [2.05, 4.69) is 179 Å². The first-order chi connectivity index (χ1) is 41.0. The summed E-state index contributed by atoms with van der Waals surface area (Å²) in [6.45, 7) is 6.29. The Kier molecular flexibility index (Phi) is 64.9. The fraction of sp³-hybridized carbons (Fsp3) is 0.597. The Hall–Kier alpha value is -5.23. The summed E-state index contributed by atoms with van der Waals surface area (Å²) in [5.74, 6) is -1.08. The van der Waals surface area contributed by atoms with E-state index in [4.69, 9.17) is 14.2 Å². The van der Waals surface area contributed by atoms with Crippen molar-refractivity contribution >= 4 is 17.9 Å². The number of ether oxygens (including phenoxy) is 3. The van der Waals surface area contributed by atoms with Crippen molar-refractivity contribution in [1.29, 1.82) is 0 Å². The first-order valence-corrected chi connectivity index (χ1v) is 33.6. The van der Waals surface area contributed by atoms with Gasteiger partial charge in [-0.25, -0.2) is 0 Å². The van der Waals surface area contributed by atoms with E-state index >= 15 is 0 Å². The van der Waals surface area contributed by atoms with Gasteiger partial charge in [-0.05, 0) is 135 Å². The van der Waals surface area contributed by atoms with Crippen LogP contribution in [0.25, 0.3) is 0 Å².